The van der Waals surface area contributed by atoms with Crippen LogP contribution in [0.3, 0.4) is 0 Å². The molecule has 3 rings (SSSR count). The van der Waals surface area contributed by atoms with E-state index in [0.717, 1.165) is 18.9 Å². The number of hydrogen-bond donors (Lipinski definition) is 1. The number of imidazole rings is 1. The Kier molecular flexibility index (Phi) is 3.53. The molecule has 0 fully saturated rings. The highest BCUT2D eigenvalue weighted by Gasteiger charge is 2.15. The van der Waals surface area contributed by atoms with Crippen LogP contribution in [-0.4, -0.2) is 16.1 Å². The van der Waals surface area contributed by atoms with E-state index < -0.39 is 0 Å². The van der Waals surface area contributed by atoms with Crippen LogP contribution in [0.1, 0.15) is 37.3 Å². The minimum Gasteiger partial charge on any atom is -0.355 e. The van der Waals surface area contributed by atoms with Crippen molar-refractivity contribution in [1.82, 2.24) is 9.55 Å². The summed E-state index contributed by atoms with van der Waals surface area (Å²) in [4.78, 5) is 4.43. The van der Waals surface area contributed by atoms with E-state index in [1.807, 2.05) is 6.20 Å². The quantitative estimate of drug-likeness (QED) is 0.905. The van der Waals surface area contributed by atoms with Gasteiger partial charge in [0.15, 0.2) is 0 Å². The monoisotopic (exact) mass is 255 g/mol. The summed E-state index contributed by atoms with van der Waals surface area (Å²) in [7, 11) is 0. The maximum atomic E-state index is 4.43. The van der Waals surface area contributed by atoms with Crippen molar-refractivity contribution >= 4 is 5.95 Å². The minimum absolute atomic E-state index is 0.959. The number of aromatic nitrogens is 2. The van der Waals surface area contributed by atoms with Gasteiger partial charge in [-0.25, -0.2) is 4.98 Å². The smallest absolute Gasteiger partial charge is 0.207 e. The van der Waals surface area contributed by atoms with Crippen molar-refractivity contribution < 1.29 is 0 Å². The lowest BCUT2D eigenvalue weighted by Gasteiger charge is -2.20. The van der Waals surface area contributed by atoms with Crippen LogP contribution in [0.4, 0.5) is 5.95 Å². The fourth-order valence-corrected chi connectivity index (χ4v) is 2.85. The maximum absolute atomic E-state index is 4.43. The molecule has 0 atom stereocenters. The van der Waals surface area contributed by atoms with Gasteiger partial charge in [-0.1, -0.05) is 19.1 Å². The zero-order valence-corrected chi connectivity index (χ0v) is 11.5. The Morgan fingerprint density at radius 1 is 1.26 bits per heavy atom. The Balaban J connectivity index is 2.00. The molecule has 0 saturated carbocycles. The van der Waals surface area contributed by atoms with Crippen LogP contribution < -0.4 is 5.32 Å². The number of hydrogen-bond acceptors (Lipinski definition) is 2. The second-order valence-corrected chi connectivity index (χ2v) is 5.17. The normalized spacial score (nSPS) is 14.2. The Morgan fingerprint density at radius 2 is 2.16 bits per heavy atom. The highest BCUT2D eigenvalue weighted by Crippen LogP contribution is 2.28. The van der Waals surface area contributed by atoms with E-state index in [4.69, 9.17) is 0 Å². The standard InChI is InChI=1S/C16H21N3/c1-2-10-17-16-18-11-12-19(16)15-9-5-7-13-6-3-4-8-14(13)15/h5,7,9,11-12H,2-4,6,8,10H2,1H3,(H,17,18). The van der Waals surface area contributed by atoms with Gasteiger partial charge >= 0.3 is 0 Å². The molecule has 1 aliphatic carbocycles. The number of aryl methyl sites for hydroxylation is 1. The van der Waals surface area contributed by atoms with Crippen LogP contribution >= 0.6 is 0 Å². The molecule has 1 aliphatic rings. The number of fused-ring (bicyclic) bond motifs is 1. The van der Waals surface area contributed by atoms with Gasteiger partial charge in [0.1, 0.15) is 0 Å². The number of nitrogens with one attached hydrogen (secondary N) is 1. The summed E-state index contributed by atoms with van der Waals surface area (Å²) >= 11 is 0. The molecule has 0 aliphatic heterocycles. The highest BCUT2D eigenvalue weighted by atomic mass is 15.2. The molecule has 1 heterocycles. The molecule has 0 saturated heterocycles. The van der Waals surface area contributed by atoms with Gasteiger partial charge < -0.3 is 5.32 Å². The van der Waals surface area contributed by atoms with E-state index in [2.05, 4.69) is 46.2 Å². The number of rotatable bonds is 4. The van der Waals surface area contributed by atoms with E-state index in [0.29, 0.717) is 0 Å². The fraction of sp³-hybridized carbons (Fsp3) is 0.438. The van der Waals surface area contributed by atoms with Crippen molar-refractivity contribution in [1.29, 1.82) is 0 Å². The summed E-state index contributed by atoms with van der Waals surface area (Å²) < 4.78 is 2.19. The Labute approximate surface area is 114 Å². The van der Waals surface area contributed by atoms with Crippen LogP contribution in [0, 0.1) is 0 Å². The average molecular weight is 255 g/mol. The summed E-state index contributed by atoms with van der Waals surface area (Å²) in [5, 5.41) is 3.40. The van der Waals surface area contributed by atoms with Crippen LogP contribution in [0.2, 0.25) is 0 Å². The zero-order chi connectivity index (χ0) is 13.1. The maximum Gasteiger partial charge on any atom is 0.207 e. The second kappa shape index (κ2) is 5.47. The topological polar surface area (TPSA) is 29.9 Å². The third-order valence-corrected chi connectivity index (χ3v) is 3.80. The van der Waals surface area contributed by atoms with E-state index in [9.17, 15) is 0 Å². The van der Waals surface area contributed by atoms with Gasteiger partial charge in [0.05, 0.1) is 5.69 Å². The van der Waals surface area contributed by atoms with Gasteiger partial charge in [0, 0.05) is 18.9 Å². The van der Waals surface area contributed by atoms with Gasteiger partial charge in [-0.15, -0.1) is 0 Å². The third kappa shape index (κ3) is 2.37. The summed E-state index contributed by atoms with van der Waals surface area (Å²) in [5.41, 5.74) is 4.32. The highest BCUT2D eigenvalue weighted by molar-refractivity contribution is 5.51. The molecule has 2 aromatic rings. The molecule has 0 spiro atoms. The van der Waals surface area contributed by atoms with Gasteiger partial charge in [-0.2, -0.15) is 0 Å². The molecule has 3 nitrogen and oxygen atoms in total. The number of benzene rings is 1. The summed E-state index contributed by atoms with van der Waals surface area (Å²) in [6, 6.07) is 6.65. The van der Waals surface area contributed by atoms with Gasteiger partial charge in [0.2, 0.25) is 5.95 Å². The molecule has 1 aromatic heterocycles. The molecule has 0 bridgehead atoms. The van der Waals surface area contributed by atoms with E-state index in [1.165, 1.54) is 42.5 Å². The van der Waals surface area contributed by atoms with Crippen molar-refractivity contribution in [3.63, 3.8) is 0 Å². The van der Waals surface area contributed by atoms with E-state index in [-0.39, 0.29) is 0 Å². The first-order chi connectivity index (χ1) is 9.40. The summed E-state index contributed by atoms with van der Waals surface area (Å²) in [6.07, 6.45) is 10.1. The largest absolute Gasteiger partial charge is 0.355 e. The van der Waals surface area contributed by atoms with Crippen LogP contribution in [0.5, 0.6) is 0 Å². The van der Waals surface area contributed by atoms with Crippen molar-refractivity contribution in [3.8, 4) is 5.69 Å². The molecule has 1 N–H and O–H groups in total. The van der Waals surface area contributed by atoms with Gasteiger partial charge in [0.25, 0.3) is 0 Å². The average Bonchev–Trinajstić information content (AvgIpc) is 2.92. The lowest BCUT2D eigenvalue weighted by molar-refractivity contribution is 0.681. The van der Waals surface area contributed by atoms with Crippen molar-refractivity contribution in [3.05, 3.63) is 41.7 Å². The molecular weight excluding hydrogens is 234 g/mol. The molecule has 0 amide bonds. The van der Waals surface area contributed by atoms with Crippen LogP contribution in [0.15, 0.2) is 30.6 Å². The molecular formula is C16H21N3. The predicted molar refractivity (Wildman–Crippen MR) is 79.0 cm³/mol. The Morgan fingerprint density at radius 3 is 3.05 bits per heavy atom. The lowest BCUT2D eigenvalue weighted by atomic mass is 9.90. The molecule has 0 unspecified atom stereocenters. The molecule has 19 heavy (non-hydrogen) atoms. The molecule has 3 heteroatoms. The van der Waals surface area contributed by atoms with Gasteiger partial charge in [-0.3, -0.25) is 4.57 Å². The second-order valence-electron chi connectivity index (χ2n) is 5.17. The van der Waals surface area contributed by atoms with E-state index >= 15 is 0 Å². The first-order valence-electron chi connectivity index (χ1n) is 7.28. The van der Waals surface area contributed by atoms with Crippen LogP contribution in [0.25, 0.3) is 5.69 Å². The number of anilines is 1. The molecule has 100 valence electrons. The Hall–Kier alpha value is -1.77. The predicted octanol–water partition coefficient (Wildman–Crippen LogP) is 3.57. The summed E-state index contributed by atoms with van der Waals surface area (Å²) in [5.74, 6) is 0.959. The molecule has 0 radical (unpaired) electrons. The molecule has 1 aromatic carbocycles. The number of nitrogens with zero attached hydrogens (tertiary/aromatic N) is 2. The van der Waals surface area contributed by atoms with Crippen LogP contribution in [-0.2, 0) is 12.8 Å². The van der Waals surface area contributed by atoms with E-state index in [1.54, 1.807) is 0 Å². The minimum atomic E-state index is 0.959. The first kappa shape index (κ1) is 12.3. The SMILES string of the molecule is CCCNc1nccn1-c1cccc2c1CCCC2. The van der Waals surface area contributed by atoms with Crippen molar-refractivity contribution in [2.24, 2.45) is 0 Å². The fourth-order valence-electron chi connectivity index (χ4n) is 2.85. The first-order valence-corrected chi connectivity index (χ1v) is 7.28. The third-order valence-electron chi connectivity index (χ3n) is 3.80. The Bertz CT molecular complexity index is 557. The lowest BCUT2D eigenvalue weighted by Crippen LogP contribution is -2.11. The summed E-state index contributed by atoms with van der Waals surface area (Å²) in [6.45, 7) is 3.14. The van der Waals surface area contributed by atoms with Crippen molar-refractivity contribution in [2.45, 2.75) is 39.0 Å². The van der Waals surface area contributed by atoms with Gasteiger partial charge in [-0.05, 0) is 49.3 Å². The zero-order valence-electron chi connectivity index (χ0n) is 11.5. The van der Waals surface area contributed by atoms with Crippen molar-refractivity contribution in [2.75, 3.05) is 11.9 Å².